The molecule has 1 aliphatic heterocycles. The maximum Gasteiger partial charge on any atom is 0.460 e. The normalized spacial score (nSPS) is 26.3. The molecule has 3 heteroatoms. The molecular formula is C8H16NOS+. The van der Waals surface area contributed by atoms with Crippen LogP contribution in [0.2, 0.25) is 0 Å². The Kier molecular flexibility index (Phi) is 3.40. The molecule has 1 fully saturated rings. The fourth-order valence-electron chi connectivity index (χ4n) is 1.80. The van der Waals surface area contributed by atoms with Gasteiger partial charge in [0.05, 0.1) is 6.04 Å². The van der Waals surface area contributed by atoms with E-state index in [-0.39, 0.29) is 0 Å². The van der Waals surface area contributed by atoms with Crippen LogP contribution in [0.4, 0.5) is 0 Å². The lowest BCUT2D eigenvalue weighted by Gasteiger charge is -2.24. The van der Waals surface area contributed by atoms with Gasteiger partial charge in [0.1, 0.15) is 0 Å². The summed E-state index contributed by atoms with van der Waals surface area (Å²) >= 11 is 0.728. The van der Waals surface area contributed by atoms with Crippen LogP contribution < -0.4 is 0 Å². The molecule has 1 aliphatic rings. The van der Waals surface area contributed by atoms with Crippen molar-refractivity contribution in [3.05, 3.63) is 0 Å². The zero-order valence-electron chi connectivity index (χ0n) is 7.25. The van der Waals surface area contributed by atoms with E-state index in [1.54, 1.807) is 0 Å². The molecule has 1 heterocycles. The molecule has 11 heavy (non-hydrogen) atoms. The summed E-state index contributed by atoms with van der Waals surface area (Å²) in [5.74, 6) is 0.762. The smallest absolute Gasteiger partial charge is 0.293 e. The van der Waals surface area contributed by atoms with Gasteiger partial charge in [-0.1, -0.05) is 0 Å². The Morgan fingerprint density at radius 3 is 2.91 bits per heavy atom. The van der Waals surface area contributed by atoms with Crippen LogP contribution in [-0.2, 0) is 15.9 Å². The predicted octanol–water partition coefficient (Wildman–Crippen LogP) is 1.29. The van der Waals surface area contributed by atoms with Crippen LogP contribution in [-0.4, -0.2) is 29.3 Å². The van der Waals surface area contributed by atoms with E-state index in [4.69, 9.17) is 0 Å². The van der Waals surface area contributed by atoms with Gasteiger partial charge in [0.2, 0.25) is 5.75 Å². The van der Waals surface area contributed by atoms with Crippen molar-refractivity contribution in [3.8, 4) is 0 Å². The van der Waals surface area contributed by atoms with Gasteiger partial charge in [-0.3, -0.25) is 4.90 Å². The lowest BCUT2D eigenvalue weighted by molar-refractivity contribution is 0.219. The molecule has 64 valence electrons. The minimum atomic E-state index is 0.553. The second-order valence-corrected chi connectivity index (χ2v) is 3.98. The highest BCUT2D eigenvalue weighted by Gasteiger charge is 2.30. The third kappa shape index (κ3) is 2.20. The maximum absolute atomic E-state index is 10.3. The number of nitrogens with zero attached hydrogens (tertiary/aromatic N) is 1. The third-order valence-corrected chi connectivity index (χ3v) is 2.87. The molecule has 0 spiro atoms. The largest absolute Gasteiger partial charge is 0.460 e. The Bertz CT molecular complexity index is 138. The fourth-order valence-corrected chi connectivity index (χ4v) is 2.31. The SMILES string of the molecule is CC(C)N1CCCC1C[S+]=O. The Labute approximate surface area is 72.5 Å². The zero-order chi connectivity index (χ0) is 8.27. The summed E-state index contributed by atoms with van der Waals surface area (Å²) in [5.41, 5.74) is 0. The highest BCUT2D eigenvalue weighted by atomic mass is 32.1. The number of hydrogen-bond acceptors (Lipinski definition) is 2. The summed E-state index contributed by atoms with van der Waals surface area (Å²) < 4.78 is 10.3. The van der Waals surface area contributed by atoms with Gasteiger partial charge in [-0.2, -0.15) is 0 Å². The maximum atomic E-state index is 10.3. The zero-order valence-corrected chi connectivity index (χ0v) is 8.06. The molecule has 0 radical (unpaired) electrons. The van der Waals surface area contributed by atoms with E-state index >= 15 is 0 Å². The average molecular weight is 174 g/mol. The van der Waals surface area contributed by atoms with Gasteiger partial charge in [0, 0.05) is 10.3 Å². The van der Waals surface area contributed by atoms with Crippen LogP contribution >= 0.6 is 0 Å². The molecule has 0 N–H and O–H groups in total. The van der Waals surface area contributed by atoms with Gasteiger partial charge in [-0.15, -0.1) is 0 Å². The fraction of sp³-hybridized carbons (Fsp3) is 1.00. The number of rotatable bonds is 3. The summed E-state index contributed by atoms with van der Waals surface area (Å²) in [6, 6.07) is 1.16. The number of hydrogen-bond donors (Lipinski definition) is 0. The van der Waals surface area contributed by atoms with Gasteiger partial charge >= 0.3 is 11.7 Å². The molecule has 0 bridgehead atoms. The Morgan fingerprint density at radius 2 is 2.36 bits per heavy atom. The van der Waals surface area contributed by atoms with Crippen LogP contribution in [0.3, 0.4) is 0 Å². The van der Waals surface area contributed by atoms with Crippen LogP contribution in [0.25, 0.3) is 0 Å². The van der Waals surface area contributed by atoms with Crippen molar-refractivity contribution in [1.82, 2.24) is 4.90 Å². The van der Waals surface area contributed by atoms with Crippen molar-refractivity contribution in [1.29, 1.82) is 0 Å². The highest BCUT2D eigenvalue weighted by Crippen LogP contribution is 2.19. The van der Waals surface area contributed by atoms with Crippen LogP contribution in [0.5, 0.6) is 0 Å². The molecule has 0 aliphatic carbocycles. The van der Waals surface area contributed by atoms with Gasteiger partial charge in [-0.05, 0) is 33.2 Å². The van der Waals surface area contributed by atoms with E-state index in [1.165, 1.54) is 19.4 Å². The minimum Gasteiger partial charge on any atom is -0.293 e. The van der Waals surface area contributed by atoms with Crippen molar-refractivity contribution in [2.75, 3.05) is 12.3 Å². The second-order valence-electron chi connectivity index (χ2n) is 3.41. The first kappa shape index (κ1) is 9.07. The van der Waals surface area contributed by atoms with Crippen molar-refractivity contribution in [2.24, 2.45) is 0 Å². The first-order chi connectivity index (χ1) is 5.25. The van der Waals surface area contributed by atoms with Gasteiger partial charge in [0.25, 0.3) is 0 Å². The molecule has 1 saturated heterocycles. The second kappa shape index (κ2) is 4.12. The molecule has 0 saturated carbocycles. The van der Waals surface area contributed by atoms with Gasteiger partial charge in [-0.25, -0.2) is 0 Å². The lowest BCUT2D eigenvalue weighted by atomic mass is 10.2. The standard InChI is InChI=1S/C8H16NOS/c1-7(2)9-5-3-4-8(9)6-11-10/h7-8H,3-6H2,1-2H3/q+1. The topological polar surface area (TPSA) is 20.3 Å². The summed E-state index contributed by atoms with van der Waals surface area (Å²) in [6.07, 6.45) is 2.48. The quantitative estimate of drug-likeness (QED) is 0.601. The highest BCUT2D eigenvalue weighted by molar-refractivity contribution is 7.65. The van der Waals surface area contributed by atoms with Crippen LogP contribution in [0, 0.1) is 0 Å². The summed E-state index contributed by atoms with van der Waals surface area (Å²) in [6.45, 7) is 5.59. The molecule has 0 aromatic carbocycles. The summed E-state index contributed by atoms with van der Waals surface area (Å²) in [5, 5.41) is 0. The van der Waals surface area contributed by atoms with Crippen LogP contribution in [0.1, 0.15) is 26.7 Å². The first-order valence-corrected chi connectivity index (χ1v) is 5.17. The van der Waals surface area contributed by atoms with Crippen molar-refractivity contribution in [2.45, 2.75) is 38.8 Å². The molecule has 2 nitrogen and oxygen atoms in total. The van der Waals surface area contributed by atoms with E-state index in [9.17, 15) is 4.21 Å². The van der Waals surface area contributed by atoms with E-state index < -0.39 is 0 Å². The summed E-state index contributed by atoms with van der Waals surface area (Å²) in [7, 11) is 0. The van der Waals surface area contributed by atoms with Crippen molar-refractivity contribution >= 4 is 11.7 Å². The third-order valence-electron chi connectivity index (χ3n) is 2.35. The Morgan fingerprint density at radius 1 is 1.64 bits per heavy atom. The van der Waals surface area contributed by atoms with Gasteiger partial charge < -0.3 is 0 Å². The monoisotopic (exact) mass is 174 g/mol. The van der Waals surface area contributed by atoms with Crippen molar-refractivity contribution in [3.63, 3.8) is 0 Å². The molecule has 1 unspecified atom stereocenters. The molecule has 0 aromatic heterocycles. The molecule has 0 amide bonds. The number of likely N-dealkylation sites (tertiary alicyclic amines) is 1. The van der Waals surface area contributed by atoms with E-state index in [2.05, 4.69) is 18.7 Å². The van der Waals surface area contributed by atoms with E-state index in [0.717, 1.165) is 17.4 Å². The van der Waals surface area contributed by atoms with Crippen molar-refractivity contribution < 1.29 is 4.21 Å². The molecule has 0 aromatic rings. The Balaban J connectivity index is 2.43. The first-order valence-electron chi connectivity index (χ1n) is 4.26. The van der Waals surface area contributed by atoms with Crippen LogP contribution in [0.15, 0.2) is 0 Å². The summed E-state index contributed by atoms with van der Waals surface area (Å²) in [4.78, 5) is 2.44. The average Bonchev–Trinajstić information content (AvgIpc) is 2.36. The molecule has 1 rings (SSSR count). The minimum absolute atomic E-state index is 0.553. The predicted molar refractivity (Wildman–Crippen MR) is 47.8 cm³/mol. The lowest BCUT2D eigenvalue weighted by Crippen LogP contribution is -2.37. The molecule has 1 atom stereocenters. The van der Waals surface area contributed by atoms with E-state index in [0.29, 0.717) is 12.1 Å². The van der Waals surface area contributed by atoms with Gasteiger partial charge in [0.15, 0.2) is 0 Å². The Hall–Kier alpha value is -0.0200. The van der Waals surface area contributed by atoms with E-state index in [1.807, 2.05) is 0 Å². The molecular weight excluding hydrogens is 158 g/mol.